The summed E-state index contributed by atoms with van der Waals surface area (Å²) < 4.78 is 75.9. The van der Waals surface area contributed by atoms with Gasteiger partial charge in [-0.1, -0.05) is 12.1 Å². The molecule has 1 heterocycles. The Labute approximate surface area is 187 Å². The van der Waals surface area contributed by atoms with Crippen molar-refractivity contribution in [3.8, 4) is 17.0 Å². The van der Waals surface area contributed by atoms with E-state index in [0.717, 1.165) is 24.3 Å². The second-order valence-corrected chi connectivity index (χ2v) is 7.63. The number of nitrogens with two attached hydrogens (primary N) is 1. The fourth-order valence-electron chi connectivity index (χ4n) is 2.42. The molecule has 1 aromatic heterocycles. The molecule has 0 aliphatic carbocycles. The van der Waals surface area contributed by atoms with E-state index in [1.54, 1.807) is 22.6 Å². The van der Waals surface area contributed by atoms with Gasteiger partial charge in [0.2, 0.25) is 10.0 Å². The average Bonchev–Trinajstić information content (AvgIpc) is 3.05. The van der Waals surface area contributed by atoms with E-state index in [4.69, 9.17) is 14.9 Å². The molecule has 0 bridgehead atoms. The molecule has 5 nitrogen and oxygen atoms in total. The molecule has 3 aromatic rings. The number of nitrogens with zero attached hydrogens (tertiary/aromatic N) is 1. The van der Waals surface area contributed by atoms with E-state index in [9.17, 15) is 26.7 Å². The quantitative estimate of drug-likeness (QED) is 0.220. The summed E-state index contributed by atoms with van der Waals surface area (Å²) in [5.74, 6) is -4.24. The largest absolute Gasteiger partial charge is 0.467 e. The standard InChI is InChI=1S/C18H9BrF5IN2O3/c19-14-13(7-1-3-8(4-2-7)18(22,23)24)27-17(30-14)15(25)29-10-6-5-9(20)11(12(10)21)16(26)28/h1-6,15H,(H2,26,28)/t15-/m0/s1. The number of rotatable bonds is 5. The van der Waals surface area contributed by atoms with Gasteiger partial charge in [0.25, 0.3) is 5.91 Å². The first-order valence-electron chi connectivity index (χ1n) is 7.91. The number of oxazole rings is 1. The molecule has 12 heteroatoms. The van der Waals surface area contributed by atoms with Gasteiger partial charge in [0.15, 0.2) is 16.2 Å². The first-order valence-corrected chi connectivity index (χ1v) is 9.95. The van der Waals surface area contributed by atoms with Crippen LogP contribution in [0, 0.1) is 11.6 Å². The van der Waals surface area contributed by atoms with Gasteiger partial charge < -0.3 is 14.9 Å². The highest BCUT2D eigenvalue weighted by Crippen LogP contribution is 2.37. The molecule has 2 aromatic carbocycles. The highest BCUT2D eigenvalue weighted by molar-refractivity contribution is 14.1. The topological polar surface area (TPSA) is 78.4 Å². The lowest BCUT2D eigenvalue weighted by Crippen LogP contribution is -2.16. The Balaban J connectivity index is 1.87. The monoisotopic (exact) mass is 602 g/mol. The third kappa shape index (κ3) is 4.58. The van der Waals surface area contributed by atoms with Crippen LogP contribution in [-0.2, 0) is 6.18 Å². The van der Waals surface area contributed by atoms with E-state index in [0.29, 0.717) is 5.56 Å². The number of aromatic nitrogens is 1. The number of amides is 1. The Morgan fingerprint density at radius 1 is 1.17 bits per heavy atom. The molecule has 0 saturated heterocycles. The second kappa shape index (κ2) is 8.49. The van der Waals surface area contributed by atoms with Crippen LogP contribution in [0.2, 0.25) is 0 Å². The SMILES string of the molecule is NC(=O)c1c(F)ccc(O[C@H](I)c2nc(-c3ccc(C(F)(F)F)cc3)c(Br)o2)c1F. The van der Waals surface area contributed by atoms with Gasteiger partial charge in [-0.3, -0.25) is 4.79 Å². The summed E-state index contributed by atoms with van der Waals surface area (Å²) in [7, 11) is 0. The molecular formula is C18H9BrF5IN2O3. The third-order valence-electron chi connectivity index (χ3n) is 3.81. The van der Waals surface area contributed by atoms with Crippen LogP contribution in [0.1, 0.15) is 25.9 Å². The number of primary amides is 1. The summed E-state index contributed by atoms with van der Waals surface area (Å²) >= 11 is 4.83. The zero-order chi connectivity index (χ0) is 22.2. The van der Waals surface area contributed by atoms with Crippen molar-refractivity contribution in [2.45, 2.75) is 10.3 Å². The molecule has 0 saturated carbocycles. The first-order chi connectivity index (χ1) is 14.0. The number of carbonyl (C=O) groups excluding carboxylic acids is 1. The molecule has 1 atom stereocenters. The molecule has 0 unspecified atom stereocenters. The fraction of sp³-hybridized carbons (Fsp3) is 0.111. The molecule has 1 amide bonds. The van der Waals surface area contributed by atoms with Gasteiger partial charge in [0, 0.05) is 5.56 Å². The molecule has 0 aliphatic rings. The number of benzene rings is 2. The number of ether oxygens (including phenoxy) is 1. The number of alkyl halides is 4. The Kier molecular flexibility index (Phi) is 6.36. The predicted molar refractivity (Wildman–Crippen MR) is 107 cm³/mol. The van der Waals surface area contributed by atoms with E-state index in [2.05, 4.69) is 20.9 Å². The summed E-state index contributed by atoms with van der Waals surface area (Å²) in [6, 6.07) is 6.02. The third-order valence-corrected chi connectivity index (χ3v) is 5.14. The number of hydrogen-bond acceptors (Lipinski definition) is 4. The van der Waals surface area contributed by atoms with E-state index in [1.165, 1.54) is 12.1 Å². The zero-order valence-electron chi connectivity index (χ0n) is 14.4. The maximum atomic E-state index is 14.3. The van der Waals surface area contributed by atoms with E-state index in [1.807, 2.05) is 0 Å². The van der Waals surface area contributed by atoms with E-state index < -0.39 is 44.7 Å². The normalized spacial score (nSPS) is 12.6. The van der Waals surface area contributed by atoms with Crippen LogP contribution in [0.3, 0.4) is 0 Å². The summed E-state index contributed by atoms with van der Waals surface area (Å²) in [5, 5.41) is 0. The lowest BCUT2D eigenvalue weighted by molar-refractivity contribution is -0.137. The van der Waals surface area contributed by atoms with Crippen LogP contribution in [0.5, 0.6) is 5.75 Å². The van der Waals surface area contributed by atoms with Crippen LogP contribution < -0.4 is 10.5 Å². The van der Waals surface area contributed by atoms with E-state index >= 15 is 0 Å². The highest BCUT2D eigenvalue weighted by Gasteiger charge is 2.30. The Morgan fingerprint density at radius 2 is 1.80 bits per heavy atom. The first kappa shape index (κ1) is 22.5. The smallest absolute Gasteiger partial charge is 0.416 e. The maximum Gasteiger partial charge on any atom is 0.416 e. The van der Waals surface area contributed by atoms with E-state index in [-0.39, 0.29) is 16.3 Å². The zero-order valence-corrected chi connectivity index (χ0v) is 18.2. The summed E-state index contributed by atoms with van der Waals surface area (Å²) in [6.45, 7) is 0. The lowest BCUT2D eigenvalue weighted by atomic mass is 10.1. The Morgan fingerprint density at radius 3 is 2.37 bits per heavy atom. The number of carbonyl (C=O) groups is 1. The van der Waals surface area contributed by atoms with Crippen LogP contribution in [0.15, 0.2) is 45.5 Å². The molecule has 3 rings (SSSR count). The predicted octanol–water partition coefficient (Wildman–Crippen LogP) is 6.01. The van der Waals surface area contributed by atoms with Crippen molar-refractivity contribution in [3.05, 3.63) is 69.7 Å². The van der Waals surface area contributed by atoms with Crippen molar-refractivity contribution in [1.29, 1.82) is 0 Å². The van der Waals surface area contributed by atoms with Gasteiger partial charge in [-0.15, -0.1) is 0 Å². The lowest BCUT2D eigenvalue weighted by Gasteiger charge is -2.12. The fourth-order valence-corrected chi connectivity index (χ4v) is 3.45. The van der Waals surface area contributed by atoms with Crippen molar-refractivity contribution in [3.63, 3.8) is 0 Å². The van der Waals surface area contributed by atoms with Crippen molar-refractivity contribution < 1.29 is 35.9 Å². The minimum atomic E-state index is -4.48. The average molecular weight is 603 g/mol. The molecule has 158 valence electrons. The van der Waals surface area contributed by atoms with Crippen LogP contribution in [0.25, 0.3) is 11.3 Å². The Hall–Kier alpha value is -2.22. The van der Waals surface area contributed by atoms with Crippen molar-refractivity contribution in [2.75, 3.05) is 0 Å². The molecular weight excluding hydrogens is 594 g/mol. The second-order valence-electron chi connectivity index (χ2n) is 5.78. The number of halogens is 7. The van der Waals surface area contributed by atoms with Crippen molar-refractivity contribution in [1.82, 2.24) is 4.98 Å². The molecule has 0 aliphatic heterocycles. The van der Waals surface area contributed by atoms with Crippen LogP contribution >= 0.6 is 38.5 Å². The molecule has 2 N–H and O–H groups in total. The summed E-state index contributed by atoms with van der Waals surface area (Å²) in [5.41, 5.74) is 3.72. The molecule has 0 spiro atoms. The van der Waals surface area contributed by atoms with Crippen LogP contribution in [0.4, 0.5) is 22.0 Å². The Bertz CT molecular complexity index is 1100. The number of hydrogen-bond donors (Lipinski definition) is 1. The van der Waals surface area contributed by atoms with Gasteiger partial charge in [-0.2, -0.15) is 13.2 Å². The summed E-state index contributed by atoms with van der Waals surface area (Å²) in [6.07, 6.45) is -4.48. The minimum absolute atomic E-state index is 0.0540. The van der Waals surface area contributed by atoms with Crippen LogP contribution in [-0.4, -0.2) is 10.9 Å². The van der Waals surface area contributed by atoms with Gasteiger partial charge in [0.1, 0.15) is 17.1 Å². The van der Waals surface area contributed by atoms with Gasteiger partial charge >= 0.3 is 6.18 Å². The molecule has 0 fully saturated rings. The molecule has 30 heavy (non-hydrogen) atoms. The highest BCUT2D eigenvalue weighted by atomic mass is 127. The maximum absolute atomic E-state index is 14.3. The van der Waals surface area contributed by atoms with Crippen molar-refractivity contribution >= 4 is 44.4 Å². The summed E-state index contributed by atoms with van der Waals surface area (Å²) in [4.78, 5) is 15.4. The van der Waals surface area contributed by atoms with Gasteiger partial charge in [-0.05, 0) is 62.8 Å². The van der Waals surface area contributed by atoms with Gasteiger partial charge in [0.05, 0.1) is 5.56 Å². The van der Waals surface area contributed by atoms with Gasteiger partial charge in [-0.25, -0.2) is 13.8 Å². The molecule has 0 radical (unpaired) electrons. The van der Waals surface area contributed by atoms with Crippen molar-refractivity contribution in [2.24, 2.45) is 5.73 Å². The minimum Gasteiger partial charge on any atom is -0.467 e.